The SMILES string of the molecule is COc1ccccc1-c1ccc(O)cc1.COc1ccccc1-c1ccc(Oc2cc3oc(-c4ccccc4)nc3cc2-c2ccccc2OC)cc1. The minimum atomic E-state index is 0.272. The minimum Gasteiger partial charge on any atom is -0.508 e. The van der Waals surface area contributed by atoms with Crippen LogP contribution in [0.3, 0.4) is 0 Å². The number of nitrogens with zero attached hydrogens (tertiary/aromatic N) is 1. The Morgan fingerprint density at radius 2 is 0.943 bits per heavy atom. The number of fused-ring (bicyclic) bond motifs is 1. The number of phenols is 1. The van der Waals surface area contributed by atoms with Crippen molar-refractivity contribution in [1.29, 1.82) is 0 Å². The monoisotopic (exact) mass is 699 g/mol. The van der Waals surface area contributed by atoms with E-state index in [0.717, 1.165) is 61.7 Å². The van der Waals surface area contributed by atoms with Crippen LogP contribution in [0.25, 0.3) is 55.9 Å². The molecule has 0 bridgehead atoms. The fraction of sp³-hybridized carbons (Fsp3) is 0.0652. The lowest BCUT2D eigenvalue weighted by molar-refractivity contribution is 0.416. The van der Waals surface area contributed by atoms with E-state index in [9.17, 15) is 5.11 Å². The fourth-order valence-corrected chi connectivity index (χ4v) is 6.06. The predicted octanol–water partition coefficient (Wildman–Crippen LogP) is 11.7. The molecule has 0 atom stereocenters. The molecule has 8 aromatic rings. The Morgan fingerprint density at radius 3 is 1.51 bits per heavy atom. The van der Waals surface area contributed by atoms with Gasteiger partial charge in [0.05, 0.1) is 21.3 Å². The number of aromatic nitrogens is 1. The first-order valence-electron chi connectivity index (χ1n) is 17.0. The number of hydrogen-bond acceptors (Lipinski definition) is 7. The number of methoxy groups -OCH3 is 3. The number of rotatable bonds is 9. The molecule has 7 aromatic carbocycles. The summed E-state index contributed by atoms with van der Waals surface area (Å²) in [6.07, 6.45) is 0. The van der Waals surface area contributed by atoms with Gasteiger partial charge in [0.2, 0.25) is 5.89 Å². The second-order valence-corrected chi connectivity index (χ2v) is 12.0. The molecule has 0 spiro atoms. The lowest BCUT2D eigenvalue weighted by atomic mass is 10.0. The van der Waals surface area contributed by atoms with Gasteiger partial charge in [0, 0.05) is 33.9 Å². The zero-order valence-electron chi connectivity index (χ0n) is 29.5. The molecule has 8 rings (SSSR count). The summed E-state index contributed by atoms with van der Waals surface area (Å²) >= 11 is 0. The zero-order chi connectivity index (χ0) is 36.6. The molecule has 1 N–H and O–H groups in total. The van der Waals surface area contributed by atoms with E-state index < -0.39 is 0 Å². The summed E-state index contributed by atoms with van der Waals surface area (Å²) in [6.45, 7) is 0. The number of hydrogen-bond donors (Lipinski definition) is 1. The van der Waals surface area contributed by atoms with Crippen molar-refractivity contribution in [2.45, 2.75) is 0 Å². The van der Waals surface area contributed by atoms with Gasteiger partial charge < -0.3 is 28.5 Å². The molecule has 0 unspecified atom stereocenters. The molecular weight excluding hydrogens is 663 g/mol. The molecular formula is C46H37NO6. The van der Waals surface area contributed by atoms with E-state index in [1.165, 1.54) is 0 Å². The largest absolute Gasteiger partial charge is 0.508 e. The molecule has 7 nitrogen and oxygen atoms in total. The first-order chi connectivity index (χ1) is 26.0. The van der Waals surface area contributed by atoms with Crippen LogP contribution in [-0.4, -0.2) is 31.4 Å². The van der Waals surface area contributed by atoms with E-state index in [1.807, 2.05) is 152 Å². The van der Waals surface area contributed by atoms with Crippen molar-refractivity contribution in [3.05, 3.63) is 164 Å². The Kier molecular flexibility index (Phi) is 10.3. The van der Waals surface area contributed by atoms with Gasteiger partial charge in [-0.3, -0.25) is 0 Å². The van der Waals surface area contributed by atoms with Gasteiger partial charge in [-0.15, -0.1) is 0 Å². The van der Waals surface area contributed by atoms with Gasteiger partial charge in [-0.25, -0.2) is 4.98 Å². The normalized spacial score (nSPS) is 10.6. The quantitative estimate of drug-likeness (QED) is 0.161. The van der Waals surface area contributed by atoms with Crippen molar-refractivity contribution >= 4 is 11.1 Å². The van der Waals surface area contributed by atoms with Crippen LogP contribution in [0, 0.1) is 0 Å². The van der Waals surface area contributed by atoms with Gasteiger partial charge in [-0.2, -0.15) is 0 Å². The van der Waals surface area contributed by atoms with Gasteiger partial charge >= 0.3 is 0 Å². The molecule has 53 heavy (non-hydrogen) atoms. The van der Waals surface area contributed by atoms with E-state index in [0.29, 0.717) is 23.0 Å². The van der Waals surface area contributed by atoms with Crippen LogP contribution < -0.4 is 18.9 Å². The molecule has 0 saturated heterocycles. The number of para-hydroxylation sites is 3. The summed E-state index contributed by atoms with van der Waals surface area (Å²) in [6, 6.07) is 52.4. The second kappa shape index (κ2) is 15.9. The topological polar surface area (TPSA) is 83.2 Å². The molecule has 0 aliphatic heterocycles. The van der Waals surface area contributed by atoms with E-state index in [4.69, 9.17) is 28.3 Å². The maximum atomic E-state index is 9.20. The molecule has 1 aromatic heterocycles. The summed E-state index contributed by atoms with van der Waals surface area (Å²) in [5, 5.41) is 9.20. The maximum absolute atomic E-state index is 9.20. The third-order valence-corrected chi connectivity index (χ3v) is 8.69. The molecule has 262 valence electrons. The standard InChI is InChI=1S/C33H25NO4.C13H12O2/c1-35-29-14-8-6-12-25(29)22-16-18-24(19-17-22)37-31-21-32-28(34-33(38-32)23-10-4-3-5-11-23)20-27(31)26-13-7-9-15-30(26)36-2;1-15-13-5-3-2-4-12(13)10-6-8-11(14)9-7-10/h3-21H,1-2H3;2-9,14H,1H3. The smallest absolute Gasteiger partial charge is 0.227 e. The average molecular weight is 700 g/mol. The average Bonchev–Trinajstić information content (AvgIpc) is 3.65. The Balaban J connectivity index is 0.000000242. The third-order valence-electron chi connectivity index (χ3n) is 8.69. The van der Waals surface area contributed by atoms with Crippen molar-refractivity contribution in [3.63, 3.8) is 0 Å². The first kappa shape index (κ1) is 34.5. The van der Waals surface area contributed by atoms with Crippen LogP contribution in [-0.2, 0) is 0 Å². The minimum absolute atomic E-state index is 0.272. The van der Waals surface area contributed by atoms with Crippen LogP contribution in [0.15, 0.2) is 168 Å². The van der Waals surface area contributed by atoms with Crippen molar-refractivity contribution in [3.8, 4) is 79.3 Å². The maximum Gasteiger partial charge on any atom is 0.227 e. The molecule has 0 saturated carbocycles. The molecule has 0 aliphatic rings. The predicted molar refractivity (Wildman–Crippen MR) is 210 cm³/mol. The highest BCUT2D eigenvalue weighted by Crippen LogP contribution is 2.42. The Hall–Kier alpha value is -6.99. The van der Waals surface area contributed by atoms with Crippen LogP contribution in [0.2, 0.25) is 0 Å². The molecule has 0 radical (unpaired) electrons. The van der Waals surface area contributed by atoms with Gasteiger partial charge in [0.15, 0.2) is 5.58 Å². The first-order valence-corrected chi connectivity index (χ1v) is 17.0. The number of oxazole rings is 1. The lowest BCUT2D eigenvalue weighted by Gasteiger charge is -2.14. The van der Waals surface area contributed by atoms with E-state index >= 15 is 0 Å². The summed E-state index contributed by atoms with van der Waals surface area (Å²) in [5.74, 6) is 4.58. The van der Waals surface area contributed by atoms with Crippen molar-refractivity contribution in [1.82, 2.24) is 4.98 Å². The summed E-state index contributed by atoms with van der Waals surface area (Å²) in [7, 11) is 5.00. The molecule has 0 aliphatic carbocycles. The Labute approximate surface area is 308 Å². The fourth-order valence-electron chi connectivity index (χ4n) is 6.06. The van der Waals surface area contributed by atoms with Gasteiger partial charge in [-0.05, 0) is 71.8 Å². The number of phenolic OH excluding ortho intramolecular Hbond substituents is 1. The highest BCUT2D eigenvalue weighted by atomic mass is 16.5. The highest BCUT2D eigenvalue weighted by Gasteiger charge is 2.18. The highest BCUT2D eigenvalue weighted by molar-refractivity contribution is 5.88. The Morgan fingerprint density at radius 1 is 0.453 bits per heavy atom. The summed E-state index contributed by atoms with van der Waals surface area (Å²) < 4.78 is 29.1. The summed E-state index contributed by atoms with van der Waals surface area (Å²) in [5.41, 5.74) is 8.18. The zero-order valence-corrected chi connectivity index (χ0v) is 29.5. The Bertz CT molecular complexity index is 2440. The second-order valence-electron chi connectivity index (χ2n) is 12.0. The lowest BCUT2D eigenvalue weighted by Crippen LogP contribution is -1.92. The van der Waals surface area contributed by atoms with Crippen LogP contribution in [0.5, 0.6) is 34.5 Å². The van der Waals surface area contributed by atoms with Crippen molar-refractivity contribution in [2.75, 3.05) is 21.3 Å². The van der Waals surface area contributed by atoms with Crippen molar-refractivity contribution < 1.29 is 28.5 Å². The van der Waals surface area contributed by atoms with E-state index in [1.54, 1.807) is 33.5 Å². The number of ether oxygens (including phenoxy) is 4. The molecule has 0 amide bonds. The van der Waals surface area contributed by atoms with Gasteiger partial charge in [0.1, 0.15) is 40.0 Å². The van der Waals surface area contributed by atoms with Crippen LogP contribution in [0.1, 0.15) is 0 Å². The third kappa shape index (κ3) is 7.70. The molecule has 7 heteroatoms. The molecule has 1 heterocycles. The van der Waals surface area contributed by atoms with E-state index in [2.05, 4.69) is 0 Å². The van der Waals surface area contributed by atoms with Crippen LogP contribution >= 0.6 is 0 Å². The van der Waals surface area contributed by atoms with Crippen molar-refractivity contribution in [2.24, 2.45) is 0 Å². The van der Waals surface area contributed by atoms with Gasteiger partial charge in [0.25, 0.3) is 0 Å². The van der Waals surface area contributed by atoms with Gasteiger partial charge in [-0.1, -0.05) is 97.1 Å². The van der Waals surface area contributed by atoms with E-state index in [-0.39, 0.29) is 5.75 Å². The summed E-state index contributed by atoms with van der Waals surface area (Å²) in [4.78, 5) is 4.76. The molecule has 0 fully saturated rings. The number of benzene rings is 7. The van der Waals surface area contributed by atoms with Crippen LogP contribution in [0.4, 0.5) is 0 Å². The number of aromatic hydroxyl groups is 1.